The van der Waals surface area contributed by atoms with Crippen molar-refractivity contribution in [3.05, 3.63) is 51.9 Å². The van der Waals surface area contributed by atoms with Gasteiger partial charge in [-0.15, -0.1) is 0 Å². The minimum absolute atomic E-state index is 0.753. The maximum absolute atomic E-state index is 4.36. The van der Waals surface area contributed by atoms with Crippen LogP contribution in [0.25, 0.3) is 0 Å². The van der Waals surface area contributed by atoms with E-state index in [4.69, 9.17) is 0 Å². The van der Waals surface area contributed by atoms with Crippen LogP contribution in [-0.4, -0.2) is 9.97 Å². The highest BCUT2D eigenvalue weighted by Crippen LogP contribution is 2.17. The van der Waals surface area contributed by atoms with E-state index in [0.29, 0.717) is 0 Å². The van der Waals surface area contributed by atoms with Gasteiger partial charge in [-0.1, -0.05) is 22.0 Å². The number of benzene rings is 1. The molecule has 17 heavy (non-hydrogen) atoms. The molecular weight excluding hydrogens is 278 g/mol. The van der Waals surface area contributed by atoms with Crippen molar-refractivity contribution in [3.8, 4) is 0 Å². The number of halogens is 1. The predicted octanol–water partition coefficient (Wildman–Crippen LogP) is 3.47. The first-order valence-electron chi connectivity index (χ1n) is 5.43. The van der Waals surface area contributed by atoms with Gasteiger partial charge in [0.1, 0.15) is 5.82 Å². The highest BCUT2D eigenvalue weighted by molar-refractivity contribution is 9.10. The number of rotatable bonds is 3. The second kappa shape index (κ2) is 5.27. The van der Waals surface area contributed by atoms with E-state index in [9.17, 15) is 0 Å². The van der Waals surface area contributed by atoms with Crippen LogP contribution in [0.3, 0.4) is 0 Å². The van der Waals surface area contributed by atoms with E-state index in [0.717, 1.165) is 22.5 Å². The topological polar surface area (TPSA) is 37.8 Å². The molecule has 2 aromatic rings. The quantitative estimate of drug-likeness (QED) is 0.941. The fourth-order valence-electron chi connectivity index (χ4n) is 1.56. The number of aromatic nitrogens is 2. The first-order valence-corrected chi connectivity index (χ1v) is 6.22. The summed E-state index contributed by atoms with van der Waals surface area (Å²) in [7, 11) is 0. The van der Waals surface area contributed by atoms with Gasteiger partial charge in [0, 0.05) is 17.2 Å². The van der Waals surface area contributed by atoms with Crippen LogP contribution in [-0.2, 0) is 6.54 Å². The molecule has 1 N–H and O–H groups in total. The number of hydrogen-bond acceptors (Lipinski definition) is 3. The average molecular weight is 292 g/mol. The third kappa shape index (κ3) is 3.27. The highest BCUT2D eigenvalue weighted by atomic mass is 79.9. The van der Waals surface area contributed by atoms with Gasteiger partial charge in [0.05, 0.1) is 11.9 Å². The van der Waals surface area contributed by atoms with Gasteiger partial charge in [0.25, 0.3) is 0 Å². The third-order valence-corrected chi connectivity index (χ3v) is 3.02. The number of aryl methyl sites for hydroxylation is 2. The summed E-state index contributed by atoms with van der Waals surface area (Å²) in [4.78, 5) is 8.46. The molecule has 3 nitrogen and oxygen atoms in total. The van der Waals surface area contributed by atoms with E-state index in [1.165, 1.54) is 11.1 Å². The molecular formula is C13H14BrN3. The molecule has 0 fully saturated rings. The Kier molecular flexibility index (Phi) is 3.74. The Morgan fingerprint density at radius 3 is 2.82 bits per heavy atom. The summed E-state index contributed by atoms with van der Waals surface area (Å²) >= 11 is 3.48. The van der Waals surface area contributed by atoms with Crippen molar-refractivity contribution in [2.45, 2.75) is 20.4 Å². The van der Waals surface area contributed by atoms with Gasteiger partial charge in [0.15, 0.2) is 0 Å². The molecule has 0 aliphatic carbocycles. The minimum Gasteiger partial charge on any atom is -0.365 e. The van der Waals surface area contributed by atoms with Crippen molar-refractivity contribution in [3.63, 3.8) is 0 Å². The fourth-order valence-corrected chi connectivity index (χ4v) is 1.97. The van der Waals surface area contributed by atoms with Crippen molar-refractivity contribution < 1.29 is 0 Å². The minimum atomic E-state index is 0.753. The molecule has 0 aliphatic heterocycles. The molecule has 0 unspecified atom stereocenters. The molecule has 0 bridgehead atoms. The van der Waals surface area contributed by atoms with E-state index < -0.39 is 0 Å². The molecule has 1 aromatic heterocycles. The zero-order valence-corrected chi connectivity index (χ0v) is 11.5. The molecule has 0 spiro atoms. The SMILES string of the molecule is Cc1cncc(NCc2cc(Br)ccc2C)n1. The first kappa shape index (κ1) is 12.0. The van der Waals surface area contributed by atoms with Crippen LogP contribution < -0.4 is 5.32 Å². The summed E-state index contributed by atoms with van der Waals surface area (Å²) in [6.45, 7) is 4.79. The van der Waals surface area contributed by atoms with E-state index in [-0.39, 0.29) is 0 Å². The molecule has 0 saturated carbocycles. The smallest absolute Gasteiger partial charge is 0.145 e. The van der Waals surface area contributed by atoms with E-state index >= 15 is 0 Å². The molecule has 0 atom stereocenters. The second-order valence-corrected chi connectivity index (χ2v) is 4.89. The molecule has 1 aromatic carbocycles. The van der Waals surface area contributed by atoms with Crippen LogP contribution in [0.1, 0.15) is 16.8 Å². The summed E-state index contributed by atoms with van der Waals surface area (Å²) in [5, 5.41) is 3.28. The van der Waals surface area contributed by atoms with Crippen LogP contribution in [0.4, 0.5) is 5.82 Å². The lowest BCUT2D eigenvalue weighted by Gasteiger charge is -2.09. The second-order valence-electron chi connectivity index (χ2n) is 3.97. The maximum atomic E-state index is 4.36. The number of anilines is 1. The monoisotopic (exact) mass is 291 g/mol. The molecule has 0 radical (unpaired) electrons. The molecule has 4 heteroatoms. The van der Waals surface area contributed by atoms with Gasteiger partial charge in [-0.3, -0.25) is 4.98 Å². The van der Waals surface area contributed by atoms with Gasteiger partial charge in [-0.25, -0.2) is 4.98 Å². The lowest BCUT2D eigenvalue weighted by molar-refractivity contribution is 1.04. The summed E-state index contributed by atoms with van der Waals surface area (Å²) in [6.07, 6.45) is 3.48. The Hall–Kier alpha value is -1.42. The van der Waals surface area contributed by atoms with Gasteiger partial charge in [-0.2, -0.15) is 0 Å². The van der Waals surface area contributed by atoms with Crippen molar-refractivity contribution in [2.24, 2.45) is 0 Å². The zero-order valence-electron chi connectivity index (χ0n) is 9.87. The maximum Gasteiger partial charge on any atom is 0.145 e. The van der Waals surface area contributed by atoms with Crippen LogP contribution in [0.2, 0.25) is 0 Å². The van der Waals surface area contributed by atoms with Gasteiger partial charge in [0.2, 0.25) is 0 Å². The Bertz CT molecular complexity index is 526. The van der Waals surface area contributed by atoms with Gasteiger partial charge < -0.3 is 5.32 Å². The summed E-state index contributed by atoms with van der Waals surface area (Å²) < 4.78 is 1.09. The lowest BCUT2D eigenvalue weighted by atomic mass is 10.1. The molecule has 2 rings (SSSR count). The first-order chi connectivity index (χ1) is 8.15. The fraction of sp³-hybridized carbons (Fsp3) is 0.231. The number of hydrogen-bond donors (Lipinski definition) is 1. The molecule has 0 aliphatic rings. The van der Waals surface area contributed by atoms with Crippen LogP contribution in [0.5, 0.6) is 0 Å². The average Bonchev–Trinajstić information content (AvgIpc) is 2.30. The summed E-state index contributed by atoms with van der Waals surface area (Å²) in [5.41, 5.74) is 3.44. The van der Waals surface area contributed by atoms with Crippen molar-refractivity contribution >= 4 is 21.7 Å². The Morgan fingerprint density at radius 1 is 1.24 bits per heavy atom. The summed E-state index contributed by atoms with van der Waals surface area (Å²) in [6, 6.07) is 6.26. The molecule has 0 saturated heterocycles. The standard InChI is InChI=1S/C13H14BrN3/c1-9-3-4-12(14)5-11(9)7-16-13-8-15-6-10(2)17-13/h3-6,8H,7H2,1-2H3,(H,16,17). The van der Waals surface area contributed by atoms with E-state index in [1.54, 1.807) is 12.4 Å². The van der Waals surface area contributed by atoms with E-state index in [2.05, 4.69) is 50.3 Å². The Labute approximate surface area is 109 Å². The van der Waals surface area contributed by atoms with Crippen LogP contribution in [0, 0.1) is 13.8 Å². The Balaban J connectivity index is 2.09. The van der Waals surface area contributed by atoms with Gasteiger partial charge >= 0.3 is 0 Å². The van der Waals surface area contributed by atoms with E-state index in [1.807, 2.05) is 13.0 Å². The Morgan fingerprint density at radius 2 is 2.06 bits per heavy atom. The largest absolute Gasteiger partial charge is 0.365 e. The third-order valence-electron chi connectivity index (χ3n) is 2.53. The highest BCUT2D eigenvalue weighted by Gasteiger charge is 2.00. The number of nitrogens with zero attached hydrogens (tertiary/aromatic N) is 2. The lowest BCUT2D eigenvalue weighted by Crippen LogP contribution is -2.04. The zero-order chi connectivity index (χ0) is 12.3. The molecule has 1 heterocycles. The van der Waals surface area contributed by atoms with Crippen molar-refractivity contribution in [1.29, 1.82) is 0 Å². The molecule has 0 amide bonds. The number of nitrogens with one attached hydrogen (secondary N) is 1. The molecule has 88 valence electrons. The predicted molar refractivity (Wildman–Crippen MR) is 73.0 cm³/mol. The normalized spacial score (nSPS) is 10.3. The van der Waals surface area contributed by atoms with Crippen molar-refractivity contribution in [1.82, 2.24) is 9.97 Å². The van der Waals surface area contributed by atoms with Crippen LogP contribution >= 0.6 is 15.9 Å². The summed E-state index contributed by atoms with van der Waals surface area (Å²) in [5.74, 6) is 0.810. The van der Waals surface area contributed by atoms with Gasteiger partial charge in [-0.05, 0) is 37.1 Å². The van der Waals surface area contributed by atoms with Crippen LogP contribution in [0.15, 0.2) is 35.1 Å². The van der Waals surface area contributed by atoms with Crippen molar-refractivity contribution in [2.75, 3.05) is 5.32 Å².